The van der Waals surface area contributed by atoms with E-state index in [2.05, 4.69) is 346 Å². The highest BCUT2D eigenvalue weighted by Crippen LogP contribution is 2.51. The van der Waals surface area contributed by atoms with Crippen molar-refractivity contribution < 1.29 is 8.83 Å². The molecule has 0 amide bonds. The predicted molar refractivity (Wildman–Crippen MR) is 392 cm³/mol. The quantitative estimate of drug-likeness (QED) is 0.114. The summed E-state index contributed by atoms with van der Waals surface area (Å²) in [5, 5.41) is 4.76. The molecule has 0 atom stereocenters. The fraction of sp³-hybridized carbons (Fsp3) is 0.140. The van der Waals surface area contributed by atoms with Crippen LogP contribution in [0.4, 0.5) is 34.1 Å². The van der Waals surface area contributed by atoms with Crippen molar-refractivity contribution in [3.05, 3.63) is 300 Å². The Labute approximate surface area is 547 Å². The van der Waals surface area contributed by atoms with Crippen molar-refractivity contribution >= 4 is 85.1 Å². The normalized spacial score (nSPS) is 12.7. The monoisotopic (exact) mass is 1220 g/mol. The van der Waals surface area contributed by atoms with Gasteiger partial charge in [-0.25, -0.2) is 9.97 Å². The van der Waals surface area contributed by atoms with Gasteiger partial charge in [-0.3, -0.25) is 0 Å². The molecule has 0 spiro atoms. The van der Waals surface area contributed by atoms with Gasteiger partial charge in [-0.05, 0) is 176 Å². The number of fused-ring (bicyclic) bond motifs is 7. The molecular formula is C86H74N4O2Si. The van der Waals surface area contributed by atoms with E-state index >= 15 is 0 Å². The summed E-state index contributed by atoms with van der Waals surface area (Å²) in [6, 6.07) is 97.9. The van der Waals surface area contributed by atoms with E-state index in [4.69, 9.17) is 18.8 Å². The Kier molecular flexibility index (Phi) is 14.5. The smallest absolute Gasteiger partial charge is 0.227 e. The number of aromatic nitrogens is 2. The molecule has 0 saturated heterocycles. The van der Waals surface area contributed by atoms with Crippen molar-refractivity contribution in [2.45, 2.75) is 80.1 Å². The van der Waals surface area contributed by atoms with Crippen LogP contribution in [0.15, 0.2) is 276 Å². The van der Waals surface area contributed by atoms with E-state index in [1.165, 1.54) is 21.5 Å². The molecule has 0 N–H and O–H groups in total. The van der Waals surface area contributed by atoms with Crippen LogP contribution in [-0.4, -0.2) is 18.0 Å². The lowest BCUT2D eigenvalue weighted by Crippen LogP contribution is -2.72. The highest BCUT2D eigenvalue weighted by Gasteiger charge is 2.53. The van der Waals surface area contributed by atoms with Gasteiger partial charge in [-0.1, -0.05) is 248 Å². The molecular weight excluding hydrogens is 1150 g/mol. The average molecular weight is 1220 g/mol. The van der Waals surface area contributed by atoms with Crippen LogP contribution in [0.2, 0.25) is 0 Å². The summed E-state index contributed by atoms with van der Waals surface area (Å²) in [7, 11) is -3.60. The lowest BCUT2D eigenvalue weighted by atomic mass is 9.87. The first-order chi connectivity index (χ1) is 45.0. The molecule has 15 rings (SSSR count). The van der Waals surface area contributed by atoms with Crippen LogP contribution in [0, 0.1) is 27.7 Å². The molecule has 2 aromatic heterocycles. The topological polar surface area (TPSA) is 58.5 Å². The maximum Gasteiger partial charge on any atom is 0.227 e. The standard InChI is InChI=1S/C86H74N4O2Si/c1-55-25-23-26-56(2)75(55)83-87-79-71(89(67-49-41-63(42-50-67)85(5,6)7)65-45-37-61(38-46-65)59-29-15-11-16-30-59)53-73-77(81(79)91-83)78-74(93(73,69-33-19-13-20-34-69)70-35-21-14-22-36-70)54-72(80-82(78)92-84(88-80)76-57(3)27-24-28-58(76)4)90(68-51-43-64(44-52-68)86(8,9)10)66-47-39-62(40-48-66)60-31-17-12-18-32-60/h11-54H,1-10H3. The number of hydrogen-bond donors (Lipinski definition) is 0. The van der Waals surface area contributed by atoms with Gasteiger partial charge >= 0.3 is 0 Å². The average Bonchev–Trinajstić information content (AvgIpc) is 1.52. The minimum atomic E-state index is -3.60. The van der Waals surface area contributed by atoms with Crippen LogP contribution < -0.4 is 30.5 Å². The highest BCUT2D eigenvalue weighted by atomic mass is 28.3. The maximum absolute atomic E-state index is 7.78. The summed E-state index contributed by atoms with van der Waals surface area (Å²) < 4.78 is 15.6. The van der Waals surface area contributed by atoms with Crippen LogP contribution in [0.3, 0.4) is 0 Å². The Hall–Kier alpha value is -10.6. The highest BCUT2D eigenvalue weighted by molar-refractivity contribution is 7.22. The minimum Gasteiger partial charge on any atom is -0.435 e. The molecule has 0 radical (unpaired) electrons. The van der Waals surface area contributed by atoms with Crippen LogP contribution in [0.25, 0.3) is 78.5 Å². The zero-order valence-electron chi connectivity index (χ0n) is 54.5. The molecule has 454 valence electrons. The predicted octanol–water partition coefficient (Wildman–Crippen LogP) is 20.8. The summed E-state index contributed by atoms with van der Waals surface area (Å²) in [6.07, 6.45) is 0. The van der Waals surface area contributed by atoms with Crippen molar-refractivity contribution in [1.82, 2.24) is 9.97 Å². The number of oxazole rings is 2. The second kappa shape index (κ2) is 23.0. The molecule has 0 aliphatic carbocycles. The van der Waals surface area contributed by atoms with Gasteiger partial charge in [0.25, 0.3) is 0 Å². The number of anilines is 6. The third-order valence-electron chi connectivity index (χ3n) is 19.1. The number of aryl methyl sites for hydroxylation is 4. The zero-order valence-corrected chi connectivity index (χ0v) is 55.5. The van der Waals surface area contributed by atoms with Crippen molar-refractivity contribution in [2.75, 3.05) is 9.80 Å². The van der Waals surface area contributed by atoms with Gasteiger partial charge in [0, 0.05) is 45.0 Å². The van der Waals surface area contributed by atoms with Crippen LogP contribution in [0.5, 0.6) is 0 Å². The molecule has 1 aliphatic heterocycles. The van der Waals surface area contributed by atoms with Gasteiger partial charge in [0.05, 0.1) is 11.4 Å². The summed E-state index contributed by atoms with van der Waals surface area (Å²) in [5.41, 5.74) is 23.7. The van der Waals surface area contributed by atoms with Crippen molar-refractivity contribution in [3.63, 3.8) is 0 Å². The van der Waals surface area contributed by atoms with Crippen LogP contribution in [0.1, 0.15) is 74.9 Å². The molecule has 0 saturated carbocycles. The van der Waals surface area contributed by atoms with Gasteiger partial charge in [-0.15, -0.1) is 0 Å². The van der Waals surface area contributed by atoms with E-state index in [-0.39, 0.29) is 10.8 Å². The van der Waals surface area contributed by atoms with Crippen molar-refractivity contribution in [3.8, 4) is 56.3 Å². The second-order valence-corrected chi connectivity index (χ2v) is 30.9. The van der Waals surface area contributed by atoms with E-state index in [1.807, 2.05) is 0 Å². The SMILES string of the molecule is Cc1cccc(C)c1-c1nc2c(N(c3ccc(-c4ccccc4)cc3)c3ccc(C(C)(C)C)cc3)cc3c(c2o1)-c1c(cc(N(c2ccc(-c4ccccc4)cc2)c2ccc(C(C)(C)C)cc2)c2nc(-c4c(C)cccc4C)oc12)[Si]3(c1ccccc1)c1ccccc1. The molecule has 14 aromatic rings. The molecule has 1 aliphatic rings. The molecule has 3 heterocycles. The van der Waals surface area contributed by atoms with Gasteiger partial charge in [0.2, 0.25) is 11.8 Å². The summed E-state index contributed by atoms with van der Waals surface area (Å²) in [4.78, 5) is 16.5. The number of benzene rings is 12. The molecule has 0 fully saturated rings. The second-order valence-electron chi connectivity index (χ2n) is 27.1. The molecule has 93 heavy (non-hydrogen) atoms. The fourth-order valence-corrected chi connectivity index (χ4v) is 19.5. The van der Waals surface area contributed by atoms with E-state index in [9.17, 15) is 0 Å². The first-order valence-corrected chi connectivity index (χ1v) is 34.4. The lowest BCUT2D eigenvalue weighted by molar-refractivity contribution is 0.590. The van der Waals surface area contributed by atoms with Crippen molar-refractivity contribution in [2.24, 2.45) is 0 Å². The van der Waals surface area contributed by atoms with E-state index in [1.54, 1.807) is 0 Å². The molecule has 12 aromatic carbocycles. The number of hydrogen-bond acceptors (Lipinski definition) is 6. The first kappa shape index (κ1) is 58.7. The van der Waals surface area contributed by atoms with Crippen molar-refractivity contribution in [1.29, 1.82) is 0 Å². The maximum atomic E-state index is 7.78. The van der Waals surface area contributed by atoms with E-state index in [0.29, 0.717) is 22.9 Å². The zero-order chi connectivity index (χ0) is 63.9. The Balaban J connectivity index is 1.11. The third kappa shape index (κ3) is 10.1. The molecule has 7 heteroatoms. The summed E-state index contributed by atoms with van der Waals surface area (Å²) in [6.45, 7) is 22.3. The lowest BCUT2D eigenvalue weighted by Gasteiger charge is -2.34. The minimum absolute atomic E-state index is 0.0734. The third-order valence-corrected chi connectivity index (χ3v) is 23.9. The van der Waals surface area contributed by atoms with Gasteiger partial charge in [0.1, 0.15) is 11.0 Å². The van der Waals surface area contributed by atoms with Gasteiger partial charge in [-0.2, -0.15) is 0 Å². The Morgan fingerprint density at radius 2 is 0.602 bits per heavy atom. The fourth-order valence-electron chi connectivity index (χ4n) is 14.3. The van der Waals surface area contributed by atoms with Gasteiger partial charge in [0.15, 0.2) is 19.2 Å². The Bertz CT molecular complexity index is 4740. The van der Waals surface area contributed by atoms with Crippen LogP contribution in [-0.2, 0) is 10.8 Å². The summed E-state index contributed by atoms with van der Waals surface area (Å²) in [5.74, 6) is 1.12. The molecule has 0 unspecified atom stereocenters. The van der Waals surface area contributed by atoms with Gasteiger partial charge < -0.3 is 18.6 Å². The molecule has 6 nitrogen and oxygen atoms in total. The number of nitrogens with zero attached hydrogens (tertiary/aromatic N) is 4. The van der Waals surface area contributed by atoms with E-state index in [0.717, 1.165) is 122 Å². The summed E-state index contributed by atoms with van der Waals surface area (Å²) >= 11 is 0. The Morgan fingerprint density at radius 1 is 0.312 bits per heavy atom. The van der Waals surface area contributed by atoms with E-state index < -0.39 is 8.07 Å². The molecule has 0 bridgehead atoms. The Morgan fingerprint density at radius 3 is 0.914 bits per heavy atom. The van der Waals surface area contributed by atoms with Crippen LogP contribution >= 0.6 is 0 Å². The number of rotatable bonds is 12. The first-order valence-electron chi connectivity index (χ1n) is 32.4. The largest absolute Gasteiger partial charge is 0.435 e.